The van der Waals surface area contributed by atoms with Gasteiger partial charge in [-0.15, -0.1) is 0 Å². The molecule has 1 N–H and O–H groups in total. The molecule has 1 atom stereocenters. The molecule has 0 bridgehead atoms. The molecule has 0 saturated carbocycles. The molecule has 1 aliphatic rings. The Labute approximate surface area is 143 Å². The Hall–Kier alpha value is -2.08. The van der Waals surface area contributed by atoms with E-state index in [0.29, 0.717) is 19.6 Å². The summed E-state index contributed by atoms with van der Waals surface area (Å²) in [6.45, 7) is 7.00. The third-order valence-electron chi connectivity index (χ3n) is 4.56. The standard InChI is InChI=1S/C18H27N3O3/c1-14(20-10-12-21(13-11-20)15(2)22)18(23)19-9-8-16-4-6-17(24-3)7-5-16/h4-7,14H,8-13H2,1-3H3,(H,19,23). The van der Waals surface area contributed by atoms with Gasteiger partial charge in [0, 0.05) is 39.6 Å². The van der Waals surface area contributed by atoms with Crippen molar-refractivity contribution in [1.29, 1.82) is 0 Å². The van der Waals surface area contributed by atoms with Gasteiger partial charge in [0.25, 0.3) is 0 Å². The first-order valence-corrected chi connectivity index (χ1v) is 8.41. The molecule has 132 valence electrons. The van der Waals surface area contributed by atoms with Crippen molar-refractivity contribution in [2.75, 3.05) is 39.8 Å². The van der Waals surface area contributed by atoms with Crippen molar-refractivity contribution in [1.82, 2.24) is 15.1 Å². The maximum absolute atomic E-state index is 12.3. The van der Waals surface area contributed by atoms with E-state index in [0.717, 1.165) is 25.3 Å². The first kappa shape index (κ1) is 18.3. The SMILES string of the molecule is COc1ccc(CCNC(=O)C(C)N2CCN(C(C)=O)CC2)cc1. The van der Waals surface area contributed by atoms with Gasteiger partial charge in [-0.05, 0) is 31.0 Å². The summed E-state index contributed by atoms with van der Waals surface area (Å²) in [7, 11) is 1.65. The summed E-state index contributed by atoms with van der Waals surface area (Å²) in [5.74, 6) is 0.979. The topological polar surface area (TPSA) is 61.9 Å². The van der Waals surface area contributed by atoms with E-state index in [1.165, 1.54) is 5.56 Å². The monoisotopic (exact) mass is 333 g/mol. The van der Waals surface area contributed by atoms with Crippen molar-refractivity contribution in [3.05, 3.63) is 29.8 Å². The maximum Gasteiger partial charge on any atom is 0.237 e. The minimum atomic E-state index is -0.171. The van der Waals surface area contributed by atoms with Crippen molar-refractivity contribution in [3.8, 4) is 5.75 Å². The lowest BCUT2D eigenvalue weighted by Crippen LogP contribution is -2.54. The number of amides is 2. The van der Waals surface area contributed by atoms with E-state index in [-0.39, 0.29) is 17.9 Å². The van der Waals surface area contributed by atoms with E-state index in [1.54, 1.807) is 14.0 Å². The average molecular weight is 333 g/mol. The lowest BCUT2D eigenvalue weighted by Gasteiger charge is -2.37. The lowest BCUT2D eigenvalue weighted by atomic mass is 10.1. The number of piperazine rings is 1. The molecular formula is C18H27N3O3. The molecule has 0 aromatic heterocycles. The molecule has 1 aliphatic heterocycles. The summed E-state index contributed by atoms with van der Waals surface area (Å²) in [5, 5.41) is 3.00. The summed E-state index contributed by atoms with van der Waals surface area (Å²) >= 11 is 0. The summed E-state index contributed by atoms with van der Waals surface area (Å²) in [6, 6.07) is 7.70. The van der Waals surface area contributed by atoms with E-state index in [4.69, 9.17) is 4.74 Å². The zero-order valence-corrected chi connectivity index (χ0v) is 14.7. The number of hydrogen-bond acceptors (Lipinski definition) is 4. The van der Waals surface area contributed by atoms with Crippen molar-refractivity contribution in [3.63, 3.8) is 0 Å². The van der Waals surface area contributed by atoms with Gasteiger partial charge in [-0.25, -0.2) is 0 Å². The Kier molecular flexibility index (Phi) is 6.61. The number of nitrogens with zero attached hydrogens (tertiary/aromatic N) is 2. The summed E-state index contributed by atoms with van der Waals surface area (Å²) in [4.78, 5) is 27.6. The molecule has 1 aromatic rings. The van der Waals surface area contributed by atoms with Crippen LogP contribution < -0.4 is 10.1 Å². The molecule has 1 saturated heterocycles. The lowest BCUT2D eigenvalue weighted by molar-refractivity contribution is -0.132. The summed E-state index contributed by atoms with van der Waals surface area (Å²) < 4.78 is 5.13. The molecule has 1 heterocycles. The van der Waals surface area contributed by atoms with Crippen molar-refractivity contribution >= 4 is 11.8 Å². The smallest absolute Gasteiger partial charge is 0.237 e. The van der Waals surface area contributed by atoms with Crippen molar-refractivity contribution in [2.45, 2.75) is 26.3 Å². The molecule has 1 unspecified atom stereocenters. The molecule has 6 heteroatoms. The number of rotatable bonds is 6. The predicted molar refractivity (Wildman–Crippen MR) is 93.0 cm³/mol. The molecule has 2 amide bonds. The average Bonchev–Trinajstić information content (AvgIpc) is 2.61. The molecule has 24 heavy (non-hydrogen) atoms. The van der Waals surface area contributed by atoms with Crippen molar-refractivity contribution < 1.29 is 14.3 Å². The fourth-order valence-electron chi connectivity index (χ4n) is 2.86. The molecule has 0 aliphatic carbocycles. The zero-order valence-electron chi connectivity index (χ0n) is 14.7. The third kappa shape index (κ3) is 4.96. The molecule has 0 spiro atoms. The number of carbonyl (C=O) groups excluding carboxylic acids is 2. The van der Waals surface area contributed by atoms with Crippen LogP contribution >= 0.6 is 0 Å². The van der Waals surface area contributed by atoms with E-state index < -0.39 is 0 Å². The second-order valence-corrected chi connectivity index (χ2v) is 6.11. The normalized spacial score (nSPS) is 16.5. The van der Waals surface area contributed by atoms with Gasteiger partial charge in [0.1, 0.15) is 5.75 Å². The number of nitrogens with one attached hydrogen (secondary N) is 1. The van der Waals surface area contributed by atoms with E-state index in [9.17, 15) is 9.59 Å². The maximum atomic E-state index is 12.3. The van der Waals surface area contributed by atoms with Crippen LogP contribution in [0, 0.1) is 0 Å². The Morgan fingerprint density at radius 3 is 2.33 bits per heavy atom. The van der Waals surface area contributed by atoms with Gasteiger partial charge >= 0.3 is 0 Å². The van der Waals surface area contributed by atoms with E-state index in [1.807, 2.05) is 36.1 Å². The van der Waals surface area contributed by atoms with E-state index in [2.05, 4.69) is 10.2 Å². The number of benzene rings is 1. The molecular weight excluding hydrogens is 306 g/mol. The molecule has 2 rings (SSSR count). The van der Waals surface area contributed by atoms with Gasteiger partial charge in [-0.2, -0.15) is 0 Å². The quantitative estimate of drug-likeness (QED) is 0.840. The van der Waals surface area contributed by atoms with Gasteiger partial charge in [0.05, 0.1) is 13.2 Å². The Balaban J connectivity index is 1.72. The Morgan fingerprint density at radius 2 is 1.79 bits per heavy atom. The molecule has 0 radical (unpaired) electrons. The summed E-state index contributed by atoms with van der Waals surface area (Å²) in [5.41, 5.74) is 1.17. The Morgan fingerprint density at radius 1 is 1.17 bits per heavy atom. The highest BCUT2D eigenvalue weighted by Crippen LogP contribution is 2.11. The van der Waals surface area contributed by atoms with Crippen LogP contribution in [0.1, 0.15) is 19.4 Å². The fraction of sp³-hybridized carbons (Fsp3) is 0.556. The van der Waals surface area contributed by atoms with Crippen LogP contribution in [0.15, 0.2) is 24.3 Å². The van der Waals surface area contributed by atoms with Crippen LogP contribution in [0.5, 0.6) is 5.75 Å². The first-order valence-electron chi connectivity index (χ1n) is 8.41. The van der Waals surface area contributed by atoms with Crippen molar-refractivity contribution in [2.24, 2.45) is 0 Å². The second kappa shape index (κ2) is 8.68. The number of carbonyl (C=O) groups is 2. The van der Waals surface area contributed by atoms with Crippen LogP contribution in [-0.4, -0.2) is 67.5 Å². The van der Waals surface area contributed by atoms with Gasteiger partial charge < -0.3 is 15.0 Å². The minimum Gasteiger partial charge on any atom is -0.497 e. The fourth-order valence-corrected chi connectivity index (χ4v) is 2.86. The van der Waals surface area contributed by atoms with Crippen LogP contribution in [-0.2, 0) is 16.0 Å². The first-order chi connectivity index (χ1) is 11.5. The summed E-state index contributed by atoms with van der Waals surface area (Å²) in [6.07, 6.45) is 0.792. The molecule has 1 aromatic carbocycles. The second-order valence-electron chi connectivity index (χ2n) is 6.11. The highest BCUT2D eigenvalue weighted by atomic mass is 16.5. The number of hydrogen-bond donors (Lipinski definition) is 1. The van der Waals surface area contributed by atoms with Gasteiger partial charge in [0.2, 0.25) is 11.8 Å². The number of ether oxygens (including phenoxy) is 1. The third-order valence-corrected chi connectivity index (χ3v) is 4.56. The van der Waals surface area contributed by atoms with Crippen LogP contribution in [0.3, 0.4) is 0 Å². The van der Waals surface area contributed by atoms with Gasteiger partial charge in [-0.3, -0.25) is 14.5 Å². The van der Waals surface area contributed by atoms with E-state index >= 15 is 0 Å². The van der Waals surface area contributed by atoms with Crippen LogP contribution in [0.4, 0.5) is 0 Å². The Bertz CT molecular complexity index is 551. The highest BCUT2D eigenvalue weighted by molar-refractivity contribution is 5.81. The largest absolute Gasteiger partial charge is 0.497 e. The van der Waals surface area contributed by atoms with Crippen LogP contribution in [0.2, 0.25) is 0 Å². The van der Waals surface area contributed by atoms with Gasteiger partial charge in [-0.1, -0.05) is 12.1 Å². The zero-order chi connectivity index (χ0) is 17.5. The minimum absolute atomic E-state index is 0.0415. The van der Waals surface area contributed by atoms with Crippen LogP contribution in [0.25, 0.3) is 0 Å². The molecule has 6 nitrogen and oxygen atoms in total. The van der Waals surface area contributed by atoms with Gasteiger partial charge in [0.15, 0.2) is 0 Å². The highest BCUT2D eigenvalue weighted by Gasteiger charge is 2.26. The molecule has 1 fully saturated rings. The number of methoxy groups -OCH3 is 1. The predicted octanol–water partition coefficient (Wildman–Crippen LogP) is 0.907.